The molecule has 1 aromatic rings. The Bertz CT molecular complexity index is 354. The van der Waals surface area contributed by atoms with Crippen molar-refractivity contribution in [2.45, 2.75) is 25.3 Å². The molecule has 17 heavy (non-hydrogen) atoms. The highest BCUT2D eigenvalue weighted by atomic mass is 16.1. The van der Waals surface area contributed by atoms with Gasteiger partial charge in [-0.15, -0.1) is 0 Å². The zero-order valence-electron chi connectivity index (χ0n) is 9.63. The zero-order valence-corrected chi connectivity index (χ0v) is 9.63. The number of hydrogen-bond acceptors (Lipinski definition) is 4. The molecule has 0 spiro atoms. The number of pyridine rings is 1. The van der Waals surface area contributed by atoms with Gasteiger partial charge in [0.1, 0.15) is 6.29 Å². The zero-order chi connectivity index (χ0) is 12.5. The lowest BCUT2D eigenvalue weighted by Crippen LogP contribution is -2.25. The average Bonchev–Trinajstić information content (AvgIpc) is 2.38. The van der Waals surface area contributed by atoms with Gasteiger partial charge in [-0.3, -0.25) is 9.78 Å². The number of carbonyl (C=O) groups is 2. The summed E-state index contributed by atoms with van der Waals surface area (Å²) in [6.07, 6.45) is 6.19. The minimum absolute atomic E-state index is 0.127. The summed E-state index contributed by atoms with van der Waals surface area (Å²) in [6, 6.07) is 3.05. The third-order valence-electron chi connectivity index (χ3n) is 2.35. The van der Waals surface area contributed by atoms with Gasteiger partial charge in [-0.1, -0.05) is 0 Å². The van der Waals surface area contributed by atoms with E-state index in [1.807, 2.05) is 0 Å². The molecule has 3 N–H and O–H groups in total. The predicted octanol–water partition coefficient (Wildman–Crippen LogP) is 0.508. The lowest BCUT2D eigenvalue weighted by Gasteiger charge is -2.05. The molecule has 5 nitrogen and oxygen atoms in total. The molecule has 0 aromatic carbocycles. The van der Waals surface area contributed by atoms with E-state index >= 15 is 0 Å². The molecule has 0 fully saturated rings. The molecule has 0 saturated heterocycles. The summed E-state index contributed by atoms with van der Waals surface area (Å²) in [7, 11) is 0. The number of carbonyl (C=O) groups excluding carboxylic acids is 2. The SMILES string of the molecule is N[C@@H](C=O)CCCCNC(=O)c1cccnc1. The third-order valence-corrected chi connectivity index (χ3v) is 2.35. The number of aldehydes is 1. The summed E-state index contributed by atoms with van der Waals surface area (Å²) in [5, 5.41) is 2.78. The van der Waals surface area contributed by atoms with Crippen molar-refractivity contribution in [3.05, 3.63) is 30.1 Å². The molecule has 0 unspecified atom stereocenters. The van der Waals surface area contributed by atoms with Crippen molar-refractivity contribution in [3.8, 4) is 0 Å². The van der Waals surface area contributed by atoms with Crippen LogP contribution in [0.4, 0.5) is 0 Å². The summed E-state index contributed by atoms with van der Waals surface area (Å²) in [6.45, 7) is 0.583. The largest absolute Gasteiger partial charge is 0.352 e. The number of nitrogens with two attached hydrogens (primary N) is 1. The van der Waals surface area contributed by atoms with Gasteiger partial charge in [-0.25, -0.2) is 0 Å². The van der Waals surface area contributed by atoms with Crippen LogP contribution in [0.2, 0.25) is 0 Å². The van der Waals surface area contributed by atoms with Crippen LogP contribution >= 0.6 is 0 Å². The van der Waals surface area contributed by atoms with E-state index in [-0.39, 0.29) is 11.9 Å². The Hall–Kier alpha value is -1.75. The number of rotatable bonds is 7. The molecule has 0 bridgehead atoms. The Morgan fingerprint density at radius 3 is 3.00 bits per heavy atom. The molecule has 1 rings (SSSR count). The molecule has 0 aliphatic rings. The topological polar surface area (TPSA) is 85.1 Å². The predicted molar refractivity (Wildman–Crippen MR) is 64.5 cm³/mol. The van der Waals surface area contributed by atoms with Gasteiger partial charge in [0.2, 0.25) is 0 Å². The van der Waals surface area contributed by atoms with Crippen molar-refractivity contribution in [1.29, 1.82) is 0 Å². The van der Waals surface area contributed by atoms with Gasteiger partial charge >= 0.3 is 0 Å². The van der Waals surface area contributed by atoms with Crippen LogP contribution in [-0.2, 0) is 4.79 Å². The number of aromatic nitrogens is 1. The van der Waals surface area contributed by atoms with Crippen LogP contribution < -0.4 is 11.1 Å². The fraction of sp³-hybridized carbons (Fsp3) is 0.417. The Morgan fingerprint density at radius 1 is 1.53 bits per heavy atom. The van der Waals surface area contributed by atoms with E-state index in [1.165, 1.54) is 6.20 Å². The number of amides is 1. The number of nitrogens with zero attached hydrogens (tertiary/aromatic N) is 1. The smallest absolute Gasteiger partial charge is 0.252 e. The standard InChI is InChI=1S/C12H17N3O2/c13-11(9-16)5-1-2-7-15-12(17)10-4-3-6-14-8-10/h3-4,6,8-9,11H,1-2,5,7,13H2,(H,15,17)/t11-/m1/s1. The van der Waals surface area contributed by atoms with Gasteiger partial charge in [-0.05, 0) is 31.4 Å². The highest BCUT2D eigenvalue weighted by Crippen LogP contribution is 1.98. The second kappa shape index (κ2) is 7.51. The quantitative estimate of drug-likeness (QED) is 0.532. The lowest BCUT2D eigenvalue weighted by atomic mass is 10.1. The molecule has 1 amide bonds. The van der Waals surface area contributed by atoms with Crippen molar-refractivity contribution in [2.75, 3.05) is 6.54 Å². The van der Waals surface area contributed by atoms with E-state index in [0.717, 1.165) is 19.1 Å². The molecule has 0 aliphatic heterocycles. The van der Waals surface area contributed by atoms with Crippen molar-refractivity contribution in [3.63, 3.8) is 0 Å². The maximum Gasteiger partial charge on any atom is 0.252 e. The summed E-state index contributed by atoms with van der Waals surface area (Å²) in [5.41, 5.74) is 6.00. The minimum atomic E-state index is -0.385. The first-order valence-electron chi connectivity index (χ1n) is 5.63. The Kier molecular flexibility index (Phi) is 5.88. The molecule has 1 heterocycles. The van der Waals surface area contributed by atoms with Crippen LogP contribution in [0, 0.1) is 0 Å². The normalized spacial score (nSPS) is 11.8. The van der Waals surface area contributed by atoms with Crippen LogP contribution in [0.3, 0.4) is 0 Å². The van der Waals surface area contributed by atoms with Crippen molar-refractivity contribution in [2.24, 2.45) is 5.73 Å². The second-order valence-corrected chi connectivity index (χ2v) is 3.79. The van der Waals surface area contributed by atoms with Crippen LogP contribution in [0.15, 0.2) is 24.5 Å². The van der Waals surface area contributed by atoms with E-state index in [9.17, 15) is 9.59 Å². The third kappa shape index (κ3) is 5.21. The fourth-order valence-corrected chi connectivity index (χ4v) is 1.37. The van der Waals surface area contributed by atoms with Crippen molar-refractivity contribution < 1.29 is 9.59 Å². The van der Waals surface area contributed by atoms with Gasteiger partial charge in [0.25, 0.3) is 5.91 Å². The molecular formula is C12H17N3O2. The molecule has 0 aliphatic carbocycles. The molecule has 1 atom stereocenters. The maximum atomic E-state index is 11.6. The Labute approximate surface area is 100 Å². The number of unbranched alkanes of at least 4 members (excludes halogenated alkanes) is 1. The highest BCUT2D eigenvalue weighted by molar-refractivity contribution is 5.93. The first-order chi connectivity index (χ1) is 8.24. The number of nitrogens with one attached hydrogen (secondary N) is 1. The van der Waals surface area contributed by atoms with Crippen LogP contribution in [-0.4, -0.2) is 29.8 Å². The van der Waals surface area contributed by atoms with Gasteiger partial charge in [-0.2, -0.15) is 0 Å². The first-order valence-corrected chi connectivity index (χ1v) is 5.63. The fourth-order valence-electron chi connectivity index (χ4n) is 1.37. The van der Waals surface area contributed by atoms with Crippen molar-refractivity contribution >= 4 is 12.2 Å². The highest BCUT2D eigenvalue weighted by Gasteiger charge is 2.04. The first kappa shape index (κ1) is 13.3. The monoisotopic (exact) mass is 235 g/mol. The summed E-state index contributed by atoms with van der Waals surface area (Å²) in [5.74, 6) is -0.127. The van der Waals surface area contributed by atoms with E-state index in [0.29, 0.717) is 18.5 Å². The van der Waals surface area contributed by atoms with Crippen molar-refractivity contribution in [1.82, 2.24) is 10.3 Å². The van der Waals surface area contributed by atoms with E-state index < -0.39 is 0 Å². The van der Waals surface area contributed by atoms with Gasteiger partial charge < -0.3 is 15.8 Å². The summed E-state index contributed by atoms with van der Waals surface area (Å²) >= 11 is 0. The molecular weight excluding hydrogens is 218 g/mol. The summed E-state index contributed by atoms with van der Waals surface area (Å²) in [4.78, 5) is 25.7. The lowest BCUT2D eigenvalue weighted by molar-refractivity contribution is -0.109. The van der Waals surface area contributed by atoms with E-state index in [4.69, 9.17) is 5.73 Å². The number of hydrogen-bond donors (Lipinski definition) is 2. The molecule has 92 valence electrons. The average molecular weight is 235 g/mol. The maximum absolute atomic E-state index is 11.6. The van der Waals surface area contributed by atoms with Gasteiger partial charge in [0.15, 0.2) is 0 Å². The van der Waals surface area contributed by atoms with Crippen LogP contribution in [0.5, 0.6) is 0 Å². The Balaban J connectivity index is 2.15. The van der Waals surface area contributed by atoms with Crippen LogP contribution in [0.25, 0.3) is 0 Å². The minimum Gasteiger partial charge on any atom is -0.352 e. The molecule has 1 aromatic heterocycles. The summed E-state index contributed by atoms with van der Waals surface area (Å²) < 4.78 is 0. The van der Waals surface area contributed by atoms with Crippen LogP contribution in [0.1, 0.15) is 29.6 Å². The molecule has 0 radical (unpaired) electrons. The van der Waals surface area contributed by atoms with Gasteiger partial charge in [0.05, 0.1) is 11.6 Å². The molecule has 0 saturated carbocycles. The van der Waals surface area contributed by atoms with Gasteiger partial charge in [0, 0.05) is 18.9 Å². The second-order valence-electron chi connectivity index (χ2n) is 3.79. The Morgan fingerprint density at radius 2 is 2.35 bits per heavy atom. The molecule has 5 heteroatoms. The van der Waals surface area contributed by atoms with E-state index in [1.54, 1.807) is 18.3 Å². The van der Waals surface area contributed by atoms with E-state index in [2.05, 4.69) is 10.3 Å².